The number of aryl methyl sites for hydroxylation is 1. The van der Waals surface area contributed by atoms with Crippen LogP contribution in [0.4, 0.5) is 0 Å². The largest absolute Gasteiger partial charge is 0.331 e. The van der Waals surface area contributed by atoms with Crippen LogP contribution in [0.1, 0.15) is 39.5 Å². The summed E-state index contributed by atoms with van der Waals surface area (Å²) in [6.45, 7) is 0.754. The van der Waals surface area contributed by atoms with Crippen LogP contribution in [0.5, 0.6) is 0 Å². The smallest absolute Gasteiger partial charge is 0.255 e. The summed E-state index contributed by atoms with van der Waals surface area (Å²) >= 11 is 0. The van der Waals surface area contributed by atoms with E-state index in [9.17, 15) is 4.79 Å². The third-order valence-corrected chi connectivity index (χ3v) is 5.13. The second-order valence-corrected chi connectivity index (χ2v) is 6.73. The van der Waals surface area contributed by atoms with Crippen LogP contribution in [0.25, 0.3) is 0 Å². The number of aromatic nitrogens is 1. The zero-order valence-electron chi connectivity index (χ0n) is 14.7. The maximum absolute atomic E-state index is 13.1. The van der Waals surface area contributed by atoms with Crippen molar-refractivity contribution in [3.8, 4) is 0 Å². The Morgan fingerprint density at radius 2 is 1.81 bits per heavy atom. The van der Waals surface area contributed by atoms with Gasteiger partial charge in [-0.1, -0.05) is 54.6 Å². The predicted molar refractivity (Wildman–Crippen MR) is 103 cm³/mol. The van der Waals surface area contributed by atoms with Gasteiger partial charge < -0.3 is 4.90 Å². The highest BCUT2D eigenvalue weighted by Gasteiger charge is 2.30. The van der Waals surface area contributed by atoms with E-state index in [-0.39, 0.29) is 11.9 Å². The molecule has 0 aliphatic carbocycles. The van der Waals surface area contributed by atoms with Crippen molar-refractivity contribution in [2.75, 3.05) is 6.54 Å². The Hall–Kier alpha value is -2.94. The number of pyridine rings is 1. The maximum Gasteiger partial charge on any atom is 0.255 e. The Bertz CT molecular complexity index is 877. The zero-order valence-corrected chi connectivity index (χ0v) is 14.7. The molecule has 1 aliphatic rings. The molecule has 1 aliphatic heterocycles. The number of fused-ring (bicyclic) bond motifs is 1. The Morgan fingerprint density at radius 3 is 2.62 bits per heavy atom. The first-order valence-corrected chi connectivity index (χ1v) is 9.15. The summed E-state index contributed by atoms with van der Waals surface area (Å²) in [6, 6.07) is 22.8. The SMILES string of the molecule is O=C(c1cccnc1)N1CCc2ccccc2C1CCc1ccccc1. The fourth-order valence-electron chi connectivity index (χ4n) is 3.81. The van der Waals surface area contributed by atoms with E-state index >= 15 is 0 Å². The lowest BCUT2D eigenvalue weighted by molar-refractivity contribution is 0.0650. The number of carbonyl (C=O) groups is 1. The zero-order chi connectivity index (χ0) is 17.8. The molecule has 3 heteroatoms. The lowest BCUT2D eigenvalue weighted by Crippen LogP contribution is -2.40. The third-order valence-electron chi connectivity index (χ3n) is 5.13. The van der Waals surface area contributed by atoms with E-state index in [2.05, 4.69) is 53.5 Å². The molecule has 1 amide bonds. The van der Waals surface area contributed by atoms with Crippen LogP contribution in [0, 0.1) is 0 Å². The predicted octanol–water partition coefficient (Wildman–Crippen LogP) is 4.45. The van der Waals surface area contributed by atoms with E-state index in [4.69, 9.17) is 0 Å². The molecule has 3 nitrogen and oxygen atoms in total. The molecule has 2 heterocycles. The van der Waals surface area contributed by atoms with Gasteiger partial charge in [0.1, 0.15) is 0 Å². The molecule has 130 valence electrons. The average Bonchev–Trinajstić information content (AvgIpc) is 2.73. The van der Waals surface area contributed by atoms with Crippen molar-refractivity contribution in [2.24, 2.45) is 0 Å². The van der Waals surface area contributed by atoms with Gasteiger partial charge in [0.05, 0.1) is 11.6 Å². The minimum atomic E-state index is 0.0747. The number of hydrogen-bond acceptors (Lipinski definition) is 2. The summed E-state index contributed by atoms with van der Waals surface area (Å²) in [7, 11) is 0. The molecule has 0 bridgehead atoms. The molecule has 1 atom stereocenters. The van der Waals surface area contributed by atoms with Crippen molar-refractivity contribution in [1.29, 1.82) is 0 Å². The van der Waals surface area contributed by atoms with Crippen LogP contribution < -0.4 is 0 Å². The molecular formula is C23H22N2O. The van der Waals surface area contributed by atoms with Crippen molar-refractivity contribution in [3.63, 3.8) is 0 Å². The molecule has 0 spiro atoms. The first-order valence-electron chi connectivity index (χ1n) is 9.15. The molecule has 4 rings (SSSR count). The van der Waals surface area contributed by atoms with Gasteiger partial charge in [0.25, 0.3) is 5.91 Å². The van der Waals surface area contributed by atoms with Gasteiger partial charge in [-0.05, 0) is 48.1 Å². The van der Waals surface area contributed by atoms with E-state index in [0.29, 0.717) is 5.56 Å². The first kappa shape index (κ1) is 16.5. The molecule has 1 aromatic heterocycles. The van der Waals surface area contributed by atoms with Gasteiger partial charge in [0.15, 0.2) is 0 Å². The summed E-state index contributed by atoms with van der Waals surface area (Å²) in [5, 5.41) is 0. The minimum absolute atomic E-state index is 0.0747. The molecule has 3 aromatic rings. The number of amides is 1. The van der Waals surface area contributed by atoms with Gasteiger partial charge in [-0.3, -0.25) is 9.78 Å². The van der Waals surface area contributed by atoms with Gasteiger partial charge in [-0.15, -0.1) is 0 Å². The number of benzene rings is 2. The highest BCUT2D eigenvalue weighted by molar-refractivity contribution is 5.94. The number of rotatable bonds is 4. The second-order valence-electron chi connectivity index (χ2n) is 6.73. The lowest BCUT2D eigenvalue weighted by atomic mass is 9.88. The fraction of sp³-hybridized carbons (Fsp3) is 0.217. The molecule has 0 fully saturated rings. The maximum atomic E-state index is 13.1. The van der Waals surface area contributed by atoms with Crippen LogP contribution in [0.15, 0.2) is 79.1 Å². The summed E-state index contributed by atoms with van der Waals surface area (Å²) < 4.78 is 0. The average molecular weight is 342 g/mol. The van der Waals surface area contributed by atoms with Crippen LogP contribution in [-0.2, 0) is 12.8 Å². The van der Waals surface area contributed by atoms with E-state index in [0.717, 1.165) is 25.8 Å². The van der Waals surface area contributed by atoms with Crippen LogP contribution in [0.2, 0.25) is 0 Å². The second kappa shape index (κ2) is 7.52. The quantitative estimate of drug-likeness (QED) is 0.701. The van der Waals surface area contributed by atoms with Gasteiger partial charge >= 0.3 is 0 Å². The third kappa shape index (κ3) is 3.38. The lowest BCUT2D eigenvalue weighted by Gasteiger charge is -2.37. The van der Waals surface area contributed by atoms with E-state index in [1.807, 2.05) is 23.1 Å². The fourth-order valence-corrected chi connectivity index (χ4v) is 3.81. The van der Waals surface area contributed by atoms with E-state index in [1.165, 1.54) is 16.7 Å². The Balaban J connectivity index is 1.63. The van der Waals surface area contributed by atoms with Crippen molar-refractivity contribution in [1.82, 2.24) is 9.88 Å². The minimum Gasteiger partial charge on any atom is -0.331 e. The normalized spacial score (nSPS) is 16.2. The summed E-state index contributed by atoms with van der Waals surface area (Å²) in [4.78, 5) is 19.3. The molecule has 0 saturated heterocycles. The van der Waals surface area contributed by atoms with E-state index in [1.54, 1.807) is 12.4 Å². The summed E-state index contributed by atoms with van der Waals surface area (Å²) in [5.41, 5.74) is 4.62. The van der Waals surface area contributed by atoms with Crippen molar-refractivity contribution < 1.29 is 4.79 Å². The Kier molecular flexibility index (Phi) is 4.78. The topological polar surface area (TPSA) is 33.2 Å². The molecule has 0 radical (unpaired) electrons. The molecule has 0 N–H and O–H groups in total. The van der Waals surface area contributed by atoms with Gasteiger partial charge in [0, 0.05) is 18.9 Å². The van der Waals surface area contributed by atoms with Gasteiger partial charge in [0.2, 0.25) is 0 Å². The molecule has 2 aromatic carbocycles. The first-order chi connectivity index (χ1) is 12.8. The van der Waals surface area contributed by atoms with Crippen molar-refractivity contribution in [3.05, 3.63) is 101 Å². The van der Waals surface area contributed by atoms with Crippen molar-refractivity contribution >= 4 is 5.91 Å². The van der Waals surface area contributed by atoms with Gasteiger partial charge in [-0.2, -0.15) is 0 Å². The molecule has 1 unspecified atom stereocenters. The van der Waals surface area contributed by atoms with Crippen LogP contribution in [0.3, 0.4) is 0 Å². The number of hydrogen-bond donors (Lipinski definition) is 0. The summed E-state index contributed by atoms with van der Waals surface area (Å²) in [5.74, 6) is 0.0747. The number of nitrogens with zero attached hydrogens (tertiary/aromatic N) is 2. The highest BCUT2D eigenvalue weighted by Crippen LogP contribution is 2.34. The Morgan fingerprint density at radius 1 is 1.00 bits per heavy atom. The standard InChI is InChI=1S/C23H22N2O/c26-23(20-10-6-15-24-17-20)25-16-14-19-9-4-5-11-21(19)22(25)13-12-18-7-2-1-3-8-18/h1-11,15,17,22H,12-14,16H2. The highest BCUT2D eigenvalue weighted by atomic mass is 16.2. The molecular weight excluding hydrogens is 320 g/mol. The van der Waals surface area contributed by atoms with Crippen LogP contribution >= 0.6 is 0 Å². The van der Waals surface area contributed by atoms with Crippen LogP contribution in [-0.4, -0.2) is 22.3 Å². The molecule has 0 saturated carbocycles. The number of carbonyl (C=O) groups excluding carboxylic acids is 1. The van der Waals surface area contributed by atoms with Gasteiger partial charge in [-0.25, -0.2) is 0 Å². The Labute approximate surface area is 154 Å². The molecule has 26 heavy (non-hydrogen) atoms. The van der Waals surface area contributed by atoms with E-state index < -0.39 is 0 Å². The van der Waals surface area contributed by atoms with Crippen molar-refractivity contribution in [2.45, 2.75) is 25.3 Å². The summed E-state index contributed by atoms with van der Waals surface area (Å²) in [6.07, 6.45) is 6.15. The monoisotopic (exact) mass is 342 g/mol.